The monoisotopic (exact) mass is 391 g/mol. The molecule has 0 aromatic heterocycles. The maximum absolute atomic E-state index is 11.9. The van der Waals surface area contributed by atoms with Crippen molar-refractivity contribution in [2.45, 2.75) is 26.7 Å². The minimum atomic E-state index is -0.367. The smallest absolute Gasteiger partial charge is 0.277 e. The maximum Gasteiger partial charge on any atom is 0.277 e. The van der Waals surface area contributed by atoms with Crippen molar-refractivity contribution >= 4 is 17.5 Å². The van der Waals surface area contributed by atoms with E-state index in [1.165, 1.54) is 4.90 Å². The lowest BCUT2D eigenvalue weighted by Gasteiger charge is -2.23. The number of nitrogens with zero attached hydrogens (tertiary/aromatic N) is 1. The number of carbonyl (C=O) groups is 2. The molecule has 1 aliphatic rings. The zero-order valence-electron chi connectivity index (χ0n) is 16.8. The van der Waals surface area contributed by atoms with E-state index in [0.717, 1.165) is 44.8 Å². The molecule has 0 aliphatic carbocycles. The van der Waals surface area contributed by atoms with E-state index >= 15 is 0 Å². The Balaban J connectivity index is 1.56. The predicted octanol–water partition coefficient (Wildman–Crippen LogP) is -0.323. The van der Waals surface area contributed by atoms with Gasteiger partial charge in [0.05, 0.1) is 26.2 Å². The Bertz CT molecular complexity index is 655. The molecule has 0 unspecified atom stereocenters. The first-order valence-electron chi connectivity index (χ1n) is 9.72. The van der Waals surface area contributed by atoms with Crippen LogP contribution in [0.4, 0.5) is 0 Å². The van der Waals surface area contributed by atoms with Gasteiger partial charge in [0.1, 0.15) is 18.8 Å². The van der Waals surface area contributed by atoms with Gasteiger partial charge < -0.3 is 19.7 Å². The van der Waals surface area contributed by atoms with Gasteiger partial charge in [-0.2, -0.15) is 5.10 Å². The molecule has 1 saturated heterocycles. The molecule has 0 atom stereocenters. The van der Waals surface area contributed by atoms with Crippen molar-refractivity contribution in [1.29, 1.82) is 0 Å². The quantitative estimate of drug-likeness (QED) is 0.289. The third kappa shape index (κ3) is 8.96. The van der Waals surface area contributed by atoms with Gasteiger partial charge in [0.25, 0.3) is 5.91 Å². The van der Waals surface area contributed by atoms with Gasteiger partial charge >= 0.3 is 0 Å². The van der Waals surface area contributed by atoms with Crippen LogP contribution in [-0.4, -0.2) is 63.5 Å². The molecule has 2 rings (SSSR count). The van der Waals surface area contributed by atoms with Crippen LogP contribution in [-0.2, 0) is 14.3 Å². The Labute approximate surface area is 166 Å². The summed E-state index contributed by atoms with van der Waals surface area (Å²) in [6, 6.07) is 7.44. The first kappa shape index (κ1) is 21.8. The largest absolute Gasteiger partial charge is 0.484 e. The van der Waals surface area contributed by atoms with Gasteiger partial charge in [0, 0.05) is 18.7 Å². The van der Waals surface area contributed by atoms with Crippen LogP contribution >= 0.6 is 0 Å². The number of aryl methyl sites for hydroxylation is 1. The van der Waals surface area contributed by atoms with Crippen molar-refractivity contribution in [3.8, 4) is 5.75 Å². The number of hydrogen-bond donors (Lipinski definition) is 3. The third-order valence-electron chi connectivity index (χ3n) is 4.41. The van der Waals surface area contributed by atoms with Crippen LogP contribution in [0, 0.1) is 6.92 Å². The third-order valence-corrected chi connectivity index (χ3v) is 4.41. The van der Waals surface area contributed by atoms with E-state index in [1.54, 1.807) is 6.92 Å². The van der Waals surface area contributed by atoms with Crippen molar-refractivity contribution in [1.82, 2.24) is 10.7 Å². The first-order valence-corrected chi connectivity index (χ1v) is 9.72. The Kier molecular flexibility index (Phi) is 9.44. The zero-order chi connectivity index (χ0) is 20.2. The van der Waals surface area contributed by atoms with E-state index < -0.39 is 0 Å². The summed E-state index contributed by atoms with van der Waals surface area (Å²) in [4.78, 5) is 25.2. The summed E-state index contributed by atoms with van der Waals surface area (Å²) < 4.78 is 10.7. The molecule has 0 spiro atoms. The number of rotatable bonds is 10. The highest BCUT2D eigenvalue weighted by Gasteiger charge is 2.13. The molecular formula is C20H31N4O4+. The van der Waals surface area contributed by atoms with Crippen LogP contribution in [0.25, 0.3) is 0 Å². The average molecular weight is 391 g/mol. The Morgan fingerprint density at radius 1 is 1.18 bits per heavy atom. The zero-order valence-corrected chi connectivity index (χ0v) is 16.8. The van der Waals surface area contributed by atoms with Gasteiger partial charge in [-0.1, -0.05) is 17.7 Å². The first-order chi connectivity index (χ1) is 13.5. The number of carbonyl (C=O) groups excluding carboxylic acids is 2. The molecule has 1 aromatic carbocycles. The van der Waals surface area contributed by atoms with Crippen LogP contribution in [0.15, 0.2) is 29.4 Å². The second-order valence-electron chi connectivity index (χ2n) is 6.98. The van der Waals surface area contributed by atoms with Crippen molar-refractivity contribution in [3.05, 3.63) is 29.8 Å². The molecule has 0 bridgehead atoms. The summed E-state index contributed by atoms with van der Waals surface area (Å²) in [5.41, 5.74) is 4.07. The van der Waals surface area contributed by atoms with Gasteiger partial charge in [-0.15, -0.1) is 0 Å². The number of quaternary nitrogens is 1. The van der Waals surface area contributed by atoms with Crippen LogP contribution < -0.4 is 20.4 Å². The number of benzene rings is 1. The van der Waals surface area contributed by atoms with Crippen molar-refractivity contribution < 1.29 is 24.0 Å². The summed E-state index contributed by atoms with van der Waals surface area (Å²) in [5.74, 6) is 0.164. The van der Waals surface area contributed by atoms with Gasteiger partial charge in [-0.05, 0) is 26.0 Å². The summed E-state index contributed by atoms with van der Waals surface area (Å²) in [6.07, 6.45) is 1.09. The van der Waals surface area contributed by atoms with E-state index in [9.17, 15) is 9.59 Å². The van der Waals surface area contributed by atoms with Gasteiger partial charge in [-0.3, -0.25) is 9.59 Å². The molecule has 1 fully saturated rings. The minimum absolute atomic E-state index is 0.0941. The molecule has 8 heteroatoms. The second kappa shape index (κ2) is 12.1. The number of nitrogens with one attached hydrogen (secondary N) is 3. The molecule has 0 radical (unpaired) electrons. The number of hydrazone groups is 1. The number of hydrogen-bond acceptors (Lipinski definition) is 5. The van der Waals surface area contributed by atoms with Gasteiger partial charge in [-0.25, -0.2) is 5.43 Å². The predicted molar refractivity (Wildman–Crippen MR) is 107 cm³/mol. The van der Waals surface area contributed by atoms with E-state index in [4.69, 9.17) is 9.47 Å². The fourth-order valence-electron chi connectivity index (χ4n) is 2.78. The summed E-state index contributed by atoms with van der Waals surface area (Å²) in [7, 11) is 0. The second-order valence-corrected chi connectivity index (χ2v) is 6.98. The molecule has 1 aliphatic heterocycles. The normalized spacial score (nSPS) is 15.1. The molecule has 8 nitrogen and oxygen atoms in total. The highest BCUT2D eigenvalue weighted by atomic mass is 16.5. The molecular weight excluding hydrogens is 360 g/mol. The SMILES string of the molecule is C/C(CC(=O)NCCC[NH+]1CCOCC1)=N/NC(=O)COc1ccc(C)cc1. The minimum Gasteiger partial charge on any atom is -0.484 e. The van der Waals surface area contributed by atoms with Crippen LogP contribution in [0.2, 0.25) is 0 Å². The number of morpholine rings is 1. The van der Waals surface area contributed by atoms with Crippen LogP contribution in [0.3, 0.4) is 0 Å². The lowest BCUT2D eigenvalue weighted by atomic mass is 10.2. The molecule has 28 heavy (non-hydrogen) atoms. The fourth-order valence-corrected chi connectivity index (χ4v) is 2.78. The number of amides is 2. The summed E-state index contributed by atoms with van der Waals surface area (Å²) in [6.45, 7) is 8.95. The maximum atomic E-state index is 11.9. The Hall–Kier alpha value is -2.45. The fraction of sp³-hybridized carbons (Fsp3) is 0.550. The Morgan fingerprint density at radius 3 is 2.61 bits per heavy atom. The van der Waals surface area contributed by atoms with E-state index in [0.29, 0.717) is 18.0 Å². The number of ether oxygens (including phenoxy) is 2. The molecule has 0 saturated carbocycles. The molecule has 3 N–H and O–H groups in total. The van der Waals surface area contributed by atoms with Gasteiger partial charge in [0.15, 0.2) is 6.61 Å². The highest BCUT2D eigenvalue weighted by Crippen LogP contribution is 2.10. The lowest BCUT2D eigenvalue weighted by molar-refractivity contribution is -0.908. The molecule has 1 heterocycles. The van der Waals surface area contributed by atoms with Crippen molar-refractivity contribution in [2.75, 3.05) is 46.0 Å². The molecule has 2 amide bonds. The standard InChI is InChI=1S/C20H30N4O4/c1-16-4-6-18(7-5-16)28-15-20(26)23-22-17(2)14-19(25)21-8-3-9-24-10-12-27-13-11-24/h4-7H,3,8-15H2,1-2H3,(H,21,25)(H,23,26)/p+1/b22-17-. The van der Waals surface area contributed by atoms with E-state index in [-0.39, 0.29) is 24.8 Å². The van der Waals surface area contributed by atoms with Gasteiger partial charge in [0.2, 0.25) is 5.91 Å². The van der Waals surface area contributed by atoms with Crippen molar-refractivity contribution in [3.63, 3.8) is 0 Å². The Morgan fingerprint density at radius 2 is 1.89 bits per heavy atom. The van der Waals surface area contributed by atoms with E-state index in [2.05, 4.69) is 15.8 Å². The topological polar surface area (TPSA) is 93.5 Å². The van der Waals surface area contributed by atoms with Crippen molar-refractivity contribution in [2.24, 2.45) is 5.10 Å². The summed E-state index contributed by atoms with van der Waals surface area (Å²) >= 11 is 0. The average Bonchev–Trinajstić information content (AvgIpc) is 2.70. The van der Waals surface area contributed by atoms with Crippen LogP contribution in [0.1, 0.15) is 25.3 Å². The summed E-state index contributed by atoms with van der Waals surface area (Å²) in [5, 5.41) is 6.84. The highest BCUT2D eigenvalue weighted by molar-refractivity contribution is 6.00. The molecule has 154 valence electrons. The molecule has 1 aromatic rings. The van der Waals surface area contributed by atoms with Crippen LogP contribution in [0.5, 0.6) is 5.75 Å². The van der Waals surface area contributed by atoms with E-state index in [1.807, 2.05) is 31.2 Å². The lowest BCUT2D eigenvalue weighted by Crippen LogP contribution is -3.14.